The first kappa shape index (κ1) is 21.4. The number of quaternary nitrogens is 2. The summed E-state index contributed by atoms with van der Waals surface area (Å²) >= 11 is 0. The first-order valence-electron chi connectivity index (χ1n) is 10.8. The quantitative estimate of drug-likeness (QED) is 0.614. The van der Waals surface area contributed by atoms with E-state index in [0.29, 0.717) is 6.04 Å². The van der Waals surface area contributed by atoms with Crippen LogP contribution in [0.25, 0.3) is 0 Å². The number of rotatable bonds is 10. The second-order valence-corrected chi connectivity index (χ2v) is 8.95. The highest BCUT2D eigenvalue weighted by Gasteiger charge is 2.43. The molecule has 2 atom stereocenters. The molecule has 1 saturated heterocycles. The van der Waals surface area contributed by atoms with Gasteiger partial charge in [-0.3, -0.25) is 0 Å². The summed E-state index contributed by atoms with van der Waals surface area (Å²) in [4.78, 5) is 1.72. The highest BCUT2D eigenvalue weighted by atomic mass is 16.5. The van der Waals surface area contributed by atoms with Crippen molar-refractivity contribution in [3.63, 3.8) is 0 Å². The summed E-state index contributed by atoms with van der Waals surface area (Å²) in [5.41, 5.74) is 1.73. The van der Waals surface area contributed by atoms with Crippen LogP contribution in [0.4, 0.5) is 0 Å². The summed E-state index contributed by atoms with van der Waals surface area (Å²) in [6, 6.07) is 11.8. The predicted molar refractivity (Wildman–Crippen MR) is 110 cm³/mol. The maximum Gasteiger partial charge on any atom is 0.0839 e. The summed E-state index contributed by atoms with van der Waals surface area (Å²) in [6.07, 6.45) is 4.81. The van der Waals surface area contributed by atoms with Gasteiger partial charge in [-0.05, 0) is 53.0 Å². The first-order chi connectivity index (χ1) is 12.4. The van der Waals surface area contributed by atoms with E-state index >= 15 is 0 Å². The molecule has 0 unspecified atom stereocenters. The van der Waals surface area contributed by atoms with Gasteiger partial charge in [-0.15, -0.1) is 0 Å². The summed E-state index contributed by atoms with van der Waals surface area (Å²) in [5.74, 6) is 0. The normalized spacial score (nSPS) is 23.9. The molecule has 3 heteroatoms. The number of nitrogens with one attached hydrogen (secondary N) is 1. The number of hydrogen-bond acceptors (Lipinski definition) is 1. The zero-order valence-corrected chi connectivity index (χ0v) is 17.8. The number of ether oxygens (including phenoxy) is 1. The third-order valence-electron chi connectivity index (χ3n) is 6.24. The Labute approximate surface area is 161 Å². The summed E-state index contributed by atoms with van der Waals surface area (Å²) in [6.45, 7) is 17.4. The summed E-state index contributed by atoms with van der Waals surface area (Å²) in [5, 5.41) is 2.58. The lowest BCUT2D eigenvalue weighted by Gasteiger charge is -2.46. The molecule has 0 amide bonds. The lowest BCUT2D eigenvalue weighted by molar-refractivity contribution is -0.898. The Morgan fingerprint density at radius 3 is 2.46 bits per heavy atom. The van der Waals surface area contributed by atoms with Gasteiger partial charge in [0, 0.05) is 24.9 Å². The number of nitrogens with two attached hydrogens (primary N) is 1. The second kappa shape index (κ2) is 9.87. The molecule has 0 aliphatic carbocycles. The minimum atomic E-state index is -0.0279. The second-order valence-electron chi connectivity index (χ2n) is 8.95. The molecule has 0 radical (unpaired) electrons. The van der Waals surface area contributed by atoms with Crippen LogP contribution in [0.3, 0.4) is 0 Å². The topological polar surface area (TPSA) is 30.3 Å². The van der Waals surface area contributed by atoms with Gasteiger partial charge in [0.2, 0.25) is 0 Å². The Hall–Kier alpha value is -0.900. The Morgan fingerprint density at radius 2 is 1.85 bits per heavy atom. The molecular formula is C23H42N2O+2. The molecule has 1 aliphatic rings. The van der Waals surface area contributed by atoms with E-state index in [1.54, 1.807) is 4.90 Å². The zero-order valence-electron chi connectivity index (χ0n) is 17.8. The fourth-order valence-electron chi connectivity index (χ4n) is 4.86. The molecular weight excluding hydrogens is 320 g/mol. The standard InChI is InChI=1S/C23H40N2O/c1-6-25(7-2)16-11-15-24-20(3)18-23(21-12-9-8-10-13-21)14-17-26-22(4,5)19-23/h8-10,12-13,20,24H,6-7,11,14-19H2,1-5H3/p+2/t20-,23+/m1/s1. The minimum absolute atomic E-state index is 0.0279. The molecule has 1 aromatic rings. The van der Waals surface area contributed by atoms with Gasteiger partial charge in [-0.25, -0.2) is 0 Å². The van der Waals surface area contributed by atoms with Gasteiger partial charge in [-0.2, -0.15) is 0 Å². The van der Waals surface area contributed by atoms with Gasteiger partial charge < -0.3 is 15.0 Å². The molecule has 2 rings (SSSR count). The van der Waals surface area contributed by atoms with E-state index in [0.717, 1.165) is 19.4 Å². The smallest absolute Gasteiger partial charge is 0.0839 e. The Balaban J connectivity index is 1.97. The van der Waals surface area contributed by atoms with Gasteiger partial charge in [0.15, 0.2) is 0 Å². The molecule has 1 fully saturated rings. The average molecular weight is 363 g/mol. The van der Waals surface area contributed by atoms with Gasteiger partial charge in [0.05, 0.1) is 37.8 Å². The van der Waals surface area contributed by atoms with Crippen LogP contribution < -0.4 is 10.2 Å². The average Bonchev–Trinajstić information content (AvgIpc) is 2.62. The van der Waals surface area contributed by atoms with E-state index in [1.807, 2.05) is 0 Å². The van der Waals surface area contributed by atoms with Crippen molar-refractivity contribution in [1.82, 2.24) is 0 Å². The molecule has 0 saturated carbocycles. The third kappa shape index (κ3) is 6.07. The highest BCUT2D eigenvalue weighted by Crippen LogP contribution is 2.44. The van der Waals surface area contributed by atoms with Crippen LogP contribution in [0.2, 0.25) is 0 Å². The van der Waals surface area contributed by atoms with Crippen molar-refractivity contribution in [3.05, 3.63) is 35.9 Å². The predicted octanol–water partition coefficient (Wildman–Crippen LogP) is 2.17. The lowest BCUT2D eigenvalue weighted by atomic mass is 9.66. The summed E-state index contributed by atoms with van der Waals surface area (Å²) < 4.78 is 6.06. The van der Waals surface area contributed by atoms with E-state index in [2.05, 4.69) is 70.3 Å². The van der Waals surface area contributed by atoms with Crippen LogP contribution in [0, 0.1) is 0 Å². The molecule has 0 aromatic heterocycles. The molecule has 0 bridgehead atoms. The molecule has 148 valence electrons. The molecule has 1 aliphatic heterocycles. The molecule has 3 nitrogen and oxygen atoms in total. The van der Waals surface area contributed by atoms with Crippen LogP contribution in [0.15, 0.2) is 30.3 Å². The fraction of sp³-hybridized carbons (Fsp3) is 0.739. The van der Waals surface area contributed by atoms with Gasteiger partial charge in [0.25, 0.3) is 0 Å². The first-order valence-corrected chi connectivity index (χ1v) is 10.8. The van der Waals surface area contributed by atoms with Crippen LogP contribution in [0.1, 0.15) is 65.9 Å². The van der Waals surface area contributed by atoms with Crippen molar-refractivity contribution >= 4 is 0 Å². The van der Waals surface area contributed by atoms with E-state index in [9.17, 15) is 0 Å². The Bertz CT molecular complexity index is 512. The van der Waals surface area contributed by atoms with E-state index in [4.69, 9.17) is 4.74 Å². The lowest BCUT2D eigenvalue weighted by Crippen LogP contribution is -3.11. The largest absolute Gasteiger partial charge is 0.376 e. The SMILES string of the molecule is CC[NH+](CC)CCC[NH2+][C@H](C)C[C@@]1(c2ccccc2)CCOC(C)(C)C1. The highest BCUT2D eigenvalue weighted by molar-refractivity contribution is 5.27. The van der Waals surface area contributed by atoms with Crippen molar-refractivity contribution in [2.75, 3.05) is 32.8 Å². The molecule has 26 heavy (non-hydrogen) atoms. The molecule has 0 spiro atoms. The van der Waals surface area contributed by atoms with Crippen molar-refractivity contribution in [3.8, 4) is 0 Å². The molecule has 1 aromatic carbocycles. The maximum atomic E-state index is 6.06. The van der Waals surface area contributed by atoms with Gasteiger partial charge >= 0.3 is 0 Å². The van der Waals surface area contributed by atoms with Crippen molar-refractivity contribution < 1.29 is 15.0 Å². The third-order valence-corrected chi connectivity index (χ3v) is 6.24. The Kier molecular flexibility index (Phi) is 8.12. The molecule has 1 heterocycles. The zero-order chi connectivity index (χ0) is 19.0. The molecule has 3 N–H and O–H groups in total. The maximum absolute atomic E-state index is 6.06. The van der Waals surface area contributed by atoms with E-state index in [1.165, 1.54) is 44.6 Å². The van der Waals surface area contributed by atoms with Crippen molar-refractivity contribution in [2.24, 2.45) is 0 Å². The van der Waals surface area contributed by atoms with Gasteiger partial charge in [0.1, 0.15) is 0 Å². The van der Waals surface area contributed by atoms with Crippen LogP contribution in [-0.2, 0) is 10.2 Å². The van der Waals surface area contributed by atoms with Crippen molar-refractivity contribution in [1.29, 1.82) is 0 Å². The van der Waals surface area contributed by atoms with Crippen LogP contribution in [0.5, 0.6) is 0 Å². The van der Waals surface area contributed by atoms with E-state index < -0.39 is 0 Å². The summed E-state index contributed by atoms with van der Waals surface area (Å²) in [7, 11) is 0. The minimum Gasteiger partial charge on any atom is -0.376 e. The number of benzene rings is 1. The number of hydrogen-bond donors (Lipinski definition) is 2. The Morgan fingerprint density at radius 1 is 1.15 bits per heavy atom. The van der Waals surface area contributed by atoms with E-state index in [-0.39, 0.29) is 11.0 Å². The van der Waals surface area contributed by atoms with Crippen molar-refractivity contribution in [2.45, 2.75) is 77.4 Å². The monoisotopic (exact) mass is 362 g/mol. The van der Waals surface area contributed by atoms with Crippen LogP contribution in [-0.4, -0.2) is 44.4 Å². The van der Waals surface area contributed by atoms with Crippen LogP contribution >= 0.6 is 0 Å². The van der Waals surface area contributed by atoms with Gasteiger partial charge in [-0.1, -0.05) is 30.3 Å². The fourth-order valence-corrected chi connectivity index (χ4v) is 4.86.